The van der Waals surface area contributed by atoms with Crippen molar-refractivity contribution in [3.8, 4) is 23.3 Å². The van der Waals surface area contributed by atoms with Crippen LogP contribution in [0.1, 0.15) is 29.5 Å². The van der Waals surface area contributed by atoms with E-state index in [2.05, 4.69) is 27.0 Å². The maximum Gasteiger partial charge on any atom is 0.229 e. The van der Waals surface area contributed by atoms with Crippen molar-refractivity contribution < 1.29 is 23.3 Å². The second kappa shape index (κ2) is 10.2. The van der Waals surface area contributed by atoms with Crippen molar-refractivity contribution in [2.75, 3.05) is 20.3 Å². The van der Waals surface area contributed by atoms with Gasteiger partial charge in [0, 0.05) is 31.5 Å². The fourth-order valence-corrected chi connectivity index (χ4v) is 4.83. The van der Waals surface area contributed by atoms with Crippen LogP contribution in [0.5, 0.6) is 23.3 Å². The summed E-state index contributed by atoms with van der Waals surface area (Å²) < 4.78 is 37.5. The van der Waals surface area contributed by atoms with E-state index in [1.807, 2.05) is 26.0 Å². The minimum atomic E-state index is -0.428. The molecule has 35 heavy (non-hydrogen) atoms. The third-order valence-electron chi connectivity index (χ3n) is 6.72. The molecule has 0 spiro atoms. The average Bonchev–Trinajstić information content (AvgIpc) is 2.84. The molecule has 0 saturated carbocycles. The number of piperidine rings is 1. The highest BCUT2D eigenvalue weighted by molar-refractivity contribution is 5.38. The molecule has 1 aromatic heterocycles. The molecular formula is C27H30FN3O4. The zero-order chi connectivity index (χ0) is 24.4. The summed E-state index contributed by atoms with van der Waals surface area (Å²) in [6.45, 7) is 5.88. The highest BCUT2D eigenvalue weighted by Gasteiger charge is 2.40. The maximum absolute atomic E-state index is 14.3. The average molecular weight is 480 g/mol. The molecule has 3 heterocycles. The number of rotatable bonds is 7. The SMILES string of the molecule is COc1ccc(CN2C3COC[C@H]2C[C@H](Oc2ncnc(Oc4ccc(C)cc4F)c2C)C3)cc1. The monoisotopic (exact) mass is 479 g/mol. The number of fused-ring (bicyclic) bond motifs is 2. The molecule has 1 unspecified atom stereocenters. The fraction of sp³-hybridized carbons (Fsp3) is 0.407. The van der Waals surface area contributed by atoms with Crippen LogP contribution in [-0.2, 0) is 11.3 Å². The van der Waals surface area contributed by atoms with Crippen LogP contribution in [0.3, 0.4) is 0 Å². The summed E-state index contributed by atoms with van der Waals surface area (Å²) in [7, 11) is 1.68. The predicted octanol–water partition coefficient (Wildman–Crippen LogP) is 4.84. The molecule has 2 aliphatic heterocycles. The zero-order valence-corrected chi connectivity index (χ0v) is 20.2. The Balaban J connectivity index is 1.27. The lowest BCUT2D eigenvalue weighted by Gasteiger charge is -2.48. The first-order valence-electron chi connectivity index (χ1n) is 11.9. The number of nitrogens with zero attached hydrogens (tertiary/aromatic N) is 3. The smallest absolute Gasteiger partial charge is 0.229 e. The molecule has 7 nitrogen and oxygen atoms in total. The molecule has 8 heteroatoms. The summed E-state index contributed by atoms with van der Waals surface area (Å²) in [6, 6.07) is 13.6. The maximum atomic E-state index is 14.3. The van der Waals surface area contributed by atoms with Crippen LogP contribution in [0.4, 0.5) is 4.39 Å². The summed E-state index contributed by atoms with van der Waals surface area (Å²) >= 11 is 0. The third kappa shape index (κ3) is 5.23. The van der Waals surface area contributed by atoms with Crippen LogP contribution in [-0.4, -0.2) is 53.4 Å². The molecule has 0 amide bonds. The van der Waals surface area contributed by atoms with Gasteiger partial charge in [0.05, 0.1) is 25.9 Å². The second-order valence-electron chi connectivity index (χ2n) is 9.22. The Kier molecular flexibility index (Phi) is 6.83. The molecule has 0 radical (unpaired) electrons. The lowest BCUT2D eigenvalue weighted by atomic mass is 9.91. The van der Waals surface area contributed by atoms with E-state index in [4.69, 9.17) is 18.9 Å². The highest BCUT2D eigenvalue weighted by Crippen LogP contribution is 2.34. The first-order chi connectivity index (χ1) is 17.0. The molecule has 2 fully saturated rings. The van der Waals surface area contributed by atoms with Gasteiger partial charge in [0.1, 0.15) is 18.2 Å². The van der Waals surface area contributed by atoms with Gasteiger partial charge < -0.3 is 18.9 Å². The van der Waals surface area contributed by atoms with Crippen LogP contribution in [0.2, 0.25) is 0 Å². The Labute approximate surface area is 204 Å². The fourth-order valence-electron chi connectivity index (χ4n) is 4.83. The van der Waals surface area contributed by atoms with Gasteiger partial charge in [-0.3, -0.25) is 4.90 Å². The van der Waals surface area contributed by atoms with Crippen LogP contribution >= 0.6 is 0 Å². The van der Waals surface area contributed by atoms with E-state index in [9.17, 15) is 4.39 Å². The Hall–Kier alpha value is -3.23. The van der Waals surface area contributed by atoms with Gasteiger partial charge in [-0.05, 0) is 49.2 Å². The van der Waals surface area contributed by atoms with Crippen molar-refractivity contribution in [2.45, 2.75) is 51.4 Å². The largest absolute Gasteiger partial charge is 0.497 e. The van der Waals surface area contributed by atoms with Gasteiger partial charge in [-0.1, -0.05) is 18.2 Å². The van der Waals surface area contributed by atoms with Gasteiger partial charge in [-0.25, -0.2) is 14.4 Å². The number of hydrogen-bond donors (Lipinski definition) is 0. The summed E-state index contributed by atoms with van der Waals surface area (Å²) in [5.74, 6) is 1.32. The van der Waals surface area contributed by atoms with Crippen molar-refractivity contribution in [1.29, 1.82) is 0 Å². The number of benzene rings is 2. The quantitative estimate of drug-likeness (QED) is 0.480. The Bertz CT molecular complexity index is 1160. The normalized spacial score (nSPS) is 22.0. The number of aryl methyl sites for hydroxylation is 1. The van der Waals surface area contributed by atoms with E-state index in [0.717, 1.165) is 30.7 Å². The predicted molar refractivity (Wildman–Crippen MR) is 129 cm³/mol. The highest BCUT2D eigenvalue weighted by atomic mass is 19.1. The summed E-state index contributed by atoms with van der Waals surface area (Å²) in [5, 5.41) is 0. The number of aromatic nitrogens is 2. The number of ether oxygens (including phenoxy) is 4. The van der Waals surface area contributed by atoms with Gasteiger partial charge in [0.2, 0.25) is 11.8 Å². The van der Waals surface area contributed by atoms with E-state index < -0.39 is 5.82 Å². The van der Waals surface area contributed by atoms with E-state index in [1.54, 1.807) is 19.2 Å². The van der Waals surface area contributed by atoms with E-state index in [-0.39, 0.29) is 23.9 Å². The first kappa shape index (κ1) is 23.5. The number of morpholine rings is 1. The standard InChI is InChI=1S/C27H30FN3O4/c1-17-4-9-25(24(28)10-17)35-27-18(2)26(29-16-30-27)34-23-11-20-14-33-15-21(12-23)31(20)13-19-5-7-22(32-3)8-6-19/h4-10,16,20-21,23H,11-15H2,1-3H3/t20-,21?,23+/m1/s1. The molecule has 5 rings (SSSR count). The molecule has 2 aromatic carbocycles. The third-order valence-corrected chi connectivity index (χ3v) is 6.72. The van der Waals surface area contributed by atoms with Crippen molar-refractivity contribution in [3.05, 3.63) is 71.3 Å². The molecule has 3 aromatic rings. The van der Waals surface area contributed by atoms with Crippen molar-refractivity contribution in [2.24, 2.45) is 0 Å². The molecule has 3 atom stereocenters. The molecular weight excluding hydrogens is 449 g/mol. The van der Waals surface area contributed by atoms with E-state index in [0.29, 0.717) is 30.5 Å². The molecule has 2 aliphatic rings. The first-order valence-corrected chi connectivity index (χ1v) is 11.9. The minimum absolute atomic E-state index is 0.00132. The lowest BCUT2D eigenvalue weighted by Crippen LogP contribution is -2.58. The lowest BCUT2D eigenvalue weighted by molar-refractivity contribution is -0.104. The van der Waals surface area contributed by atoms with Gasteiger partial charge in [0.25, 0.3) is 0 Å². The number of halogens is 1. The van der Waals surface area contributed by atoms with Gasteiger partial charge in [-0.15, -0.1) is 0 Å². The van der Waals surface area contributed by atoms with Crippen LogP contribution < -0.4 is 14.2 Å². The topological polar surface area (TPSA) is 65.9 Å². The van der Waals surface area contributed by atoms with Crippen molar-refractivity contribution >= 4 is 0 Å². The van der Waals surface area contributed by atoms with Crippen molar-refractivity contribution in [3.63, 3.8) is 0 Å². The van der Waals surface area contributed by atoms with E-state index >= 15 is 0 Å². The van der Waals surface area contributed by atoms with Gasteiger partial charge >= 0.3 is 0 Å². The van der Waals surface area contributed by atoms with Crippen molar-refractivity contribution in [1.82, 2.24) is 14.9 Å². The number of methoxy groups -OCH3 is 1. The van der Waals surface area contributed by atoms with E-state index in [1.165, 1.54) is 18.0 Å². The number of hydrogen-bond acceptors (Lipinski definition) is 7. The summed E-state index contributed by atoms with van der Waals surface area (Å²) in [6.07, 6.45) is 3.06. The van der Waals surface area contributed by atoms with Crippen LogP contribution in [0, 0.1) is 19.7 Å². The Morgan fingerprint density at radius 3 is 2.40 bits per heavy atom. The molecule has 184 valence electrons. The van der Waals surface area contributed by atoms with Crippen LogP contribution in [0.25, 0.3) is 0 Å². The van der Waals surface area contributed by atoms with Gasteiger partial charge in [0.15, 0.2) is 11.6 Å². The Morgan fingerprint density at radius 2 is 1.71 bits per heavy atom. The summed E-state index contributed by atoms with van der Waals surface area (Å²) in [4.78, 5) is 11.1. The van der Waals surface area contributed by atoms with Gasteiger partial charge in [-0.2, -0.15) is 0 Å². The minimum Gasteiger partial charge on any atom is -0.497 e. The van der Waals surface area contributed by atoms with Crippen LogP contribution in [0.15, 0.2) is 48.8 Å². The molecule has 0 N–H and O–H groups in total. The molecule has 2 saturated heterocycles. The zero-order valence-electron chi connectivity index (χ0n) is 20.2. The second-order valence-corrected chi connectivity index (χ2v) is 9.22. The molecule has 2 bridgehead atoms. The summed E-state index contributed by atoms with van der Waals surface area (Å²) in [5.41, 5.74) is 2.72. The molecule has 0 aliphatic carbocycles. The Morgan fingerprint density at radius 1 is 1.00 bits per heavy atom.